The Bertz CT molecular complexity index is 3340. The van der Waals surface area contributed by atoms with Gasteiger partial charge in [0.25, 0.3) is 0 Å². The molecule has 7 aromatic carbocycles. The van der Waals surface area contributed by atoms with E-state index in [-0.39, 0.29) is 27.5 Å². The highest BCUT2D eigenvalue weighted by atomic mass is 79.9. The Morgan fingerprint density at radius 1 is 0.653 bits per heavy atom. The zero-order valence-corrected chi connectivity index (χ0v) is 47.2. The number of hydrogen-bond donors (Lipinski definition) is 1. The van der Waals surface area contributed by atoms with E-state index in [1.807, 2.05) is 66.7 Å². The molecule has 7 aromatic rings. The van der Waals surface area contributed by atoms with E-state index < -0.39 is 30.8 Å². The number of fused-ring (bicyclic) bond motifs is 4. The lowest BCUT2D eigenvalue weighted by Crippen LogP contribution is -2.26. The zero-order chi connectivity index (χ0) is 52.4. The van der Waals surface area contributed by atoms with E-state index in [1.165, 1.54) is 41.8 Å². The van der Waals surface area contributed by atoms with Crippen molar-refractivity contribution in [1.29, 1.82) is 0 Å². The molecule has 0 fully saturated rings. The lowest BCUT2D eigenvalue weighted by atomic mass is 9.95. The Balaban J connectivity index is 0.000000174. The molecular formula is C58H60BrN2O6S5-. The summed E-state index contributed by atoms with van der Waals surface area (Å²) in [6.07, 6.45) is 3.45. The molecule has 14 heteroatoms. The van der Waals surface area contributed by atoms with Crippen LogP contribution in [0.5, 0.6) is 0 Å². The minimum Gasteiger partial charge on any atom is -0.768 e. The van der Waals surface area contributed by atoms with Crippen molar-refractivity contribution in [1.82, 2.24) is 0 Å². The van der Waals surface area contributed by atoms with Crippen LogP contribution in [0, 0.1) is 12.3 Å². The monoisotopic (exact) mass is 1120 g/mol. The number of aryl methyl sites for hydroxylation is 1. The van der Waals surface area contributed by atoms with E-state index in [0.29, 0.717) is 9.79 Å². The summed E-state index contributed by atoms with van der Waals surface area (Å²) in [7, 11) is -6.58. The molecule has 2 N–H and O–H groups in total. The third-order valence-corrected chi connectivity index (χ3v) is 18.0. The third-order valence-electron chi connectivity index (χ3n) is 10.7. The van der Waals surface area contributed by atoms with Gasteiger partial charge in [-0.15, -0.1) is 0 Å². The smallest absolute Gasteiger partial charge is 0.198 e. The lowest BCUT2D eigenvalue weighted by Gasteiger charge is -2.20. The number of hydrogen-bond acceptors (Lipinski definition) is 10. The molecule has 0 saturated carbocycles. The molecule has 8 nitrogen and oxygen atoms in total. The highest BCUT2D eigenvalue weighted by Gasteiger charge is 2.24. The first-order valence-corrected chi connectivity index (χ1v) is 29.9. The van der Waals surface area contributed by atoms with Gasteiger partial charge in [-0.3, -0.25) is 9.20 Å². The third kappa shape index (κ3) is 16.8. The molecule has 0 spiro atoms. The normalized spacial score (nSPS) is 13.2. The Morgan fingerprint density at radius 2 is 1.18 bits per heavy atom. The van der Waals surface area contributed by atoms with Crippen LogP contribution in [0.4, 0.5) is 0 Å². The van der Waals surface area contributed by atoms with Gasteiger partial charge in [-0.2, -0.15) is 0 Å². The van der Waals surface area contributed by atoms with Crippen molar-refractivity contribution in [2.75, 3.05) is 11.6 Å². The fourth-order valence-electron chi connectivity index (χ4n) is 7.40. The van der Waals surface area contributed by atoms with Gasteiger partial charge in [0, 0.05) is 40.7 Å². The van der Waals surface area contributed by atoms with Crippen LogP contribution in [-0.4, -0.2) is 49.0 Å². The quantitative estimate of drug-likeness (QED) is 0.110. The highest BCUT2D eigenvalue weighted by molar-refractivity contribution is 9.10. The molecule has 0 radical (unpaired) electrons. The van der Waals surface area contributed by atoms with Gasteiger partial charge in [-0.1, -0.05) is 151 Å². The number of rotatable bonds is 9. The van der Waals surface area contributed by atoms with Crippen LogP contribution in [0.3, 0.4) is 0 Å². The van der Waals surface area contributed by atoms with Crippen molar-refractivity contribution in [2.45, 2.75) is 101 Å². The first-order valence-electron chi connectivity index (χ1n) is 23.1. The standard InChI is InChI=1S/C22H19NO2S2.C21H16O2S2.C11H15BrO2S.C4H11N/c1-16-6-9-20(10-7-16)27(24,25)15-23-14-17-8-11-22-19(12-17)13-18-4-2-3-5-21(18)26-22;1-14(15-6-4-7-19(13-15)25(22)23)16-9-10-21-18(11-16)12-17-5-2-3-8-20(17)24-21;1-11(2,3)8-15(13,14)10-6-4-5-9(12)7-10;1-4(2,3)5/h2-12,14H,13,15H2,1H3;2-11,13H,1,12H2,(H,22,23);4-7H,8H2,1-3H3;5H2,1-3H3/p-1. The van der Waals surface area contributed by atoms with Crippen molar-refractivity contribution in [2.24, 2.45) is 16.1 Å². The number of nitrogens with zero attached hydrogens (tertiary/aromatic N) is 1. The predicted octanol–water partition coefficient (Wildman–Crippen LogP) is 14.0. The first kappa shape index (κ1) is 56.4. The van der Waals surface area contributed by atoms with Crippen LogP contribution >= 0.6 is 39.5 Å². The Kier molecular flexibility index (Phi) is 19.1. The average molecular weight is 1120 g/mol. The van der Waals surface area contributed by atoms with Crippen LogP contribution in [0.25, 0.3) is 5.57 Å². The lowest BCUT2D eigenvalue weighted by molar-refractivity contribution is 0.461. The maximum absolute atomic E-state index is 12.4. The van der Waals surface area contributed by atoms with E-state index in [0.717, 1.165) is 45.1 Å². The average Bonchev–Trinajstić information content (AvgIpc) is 3.31. The van der Waals surface area contributed by atoms with Gasteiger partial charge >= 0.3 is 0 Å². The fourth-order valence-corrected chi connectivity index (χ4v) is 13.3. The Morgan fingerprint density at radius 3 is 1.75 bits per heavy atom. The van der Waals surface area contributed by atoms with Crippen LogP contribution in [-0.2, 0) is 43.6 Å². The number of sulfone groups is 2. The van der Waals surface area contributed by atoms with Gasteiger partial charge in [0.05, 0.1) is 15.5 Å². The maximum atomic E-state index is 12.4. The highest BCUT2D eigenvalue weighted by Crippen LogP contribution is 2.41. The summed E-state index contributed by atoms with van der Waals surface area (Å²) in [5.74, 6) is -0.0822. The molecule has 0 saturated heterocycles. The van der Waals surface area contributed by atoms with E-state index in [4.69, 9.17) is 5.73 Å². The second kappa shape index (κ2) is 24.4. The van der Waals surface area contributed by atoms with Crippen molar-refractivity contribution < 1.29 is 25.6 Å². The fraction of sp³-hybridized carbons (Fsp3) is 0.224. The predicted molar refractivity (Wildman–Crippen MR) is 302 cm³/mol. The molecular weight excluding hydrogens is 1060 g/mol. The molecule has 2 heterocycles. The summed E-state index contributed by atoms with van der Waals surface area (Å²) >= 11 is 4.61. The minimum absolute atomic E-state index is 0. The molecule has 0 amide bonds. The second-order valence-electron chi connectivity index (χ2n) is 19.7. The largest absolute Gasteiger partial charge is 0.768 e. The van der Waals surface area contributed by atoms with Crippen molar-refractivity contribution in [3.8, 4) is 0 Å². The van der Waals surface area contributed by atoms with Crippen molar-refractivity contribution >= 4 is 82.0 Å². The first-order chi connectivity index (χ1) is 33.8. The van der Waals surface area contributed by atoms with Crippen LogP contribution in [0.2, 0.25) is 0 Å². The molecule has 376 valence electrons. The van der Waals surface area contributed by atoms with E-state index in [2.05, 4.69) is 106 Å². The van der Waals surface area contributed by atoms with Gasteiger partial charge in [0.15, 0.2) is 19.7 Å². The molecule has 0 aromatic heterocycles. The van der Waals surface area contributed by atoms with Gasteiger partial charge in [0.1, 0.15) is 5.88 Å². The van der Waals surface area contributed by atoms with E-state index in [1.54, 1.807) is 90.4 Å². The molecule has 2 aliphatic heterocycles. The summed E-state index contributed by atoms with van der Waals surface area (Å²) < 4.78 is 71.9. The number of nitrogens with two attached hydrogens (primary N) is 1. The molecule has 72 heavy (non-hydrogen) atoms. The maximum Gasteiger partial charge on any atom is 0.198 e. The summed E-state index contributed by atoms with van der Waals surface area (Å²) in [6, 6.07) is 50.0. The van der Waals surface area contributed by atoms with Crippen LogP contribution in [0.15, 0.2) is 208 Å². The van der Waals surface area contributed by atoms with Gasteiger partial charge in [-0.05, 0) is 180 Å². The summed E-state index contributed by atoms with van der Waals surface area (Å²) in [4.78, 5) is 10.3. The summed E-state index contributed by atoms with van der Waals surface area (Å²) in [6.45, 7) is 17.8. The Labute approximate surface area is 446 Å². The Hall–Kier alpha value is -4.90. The topological polar surface area (TPSA) is 147 Å². The summed E-state index contributed by atoms with van der Waals surface area (Å²) in [5, 5.41) is 0. The van der Waals surface area contributed by atoms with Crippen LogP contribution < -0.4 is 5.73 Å². The van der Waals surface area contributed by atoms with E-state index in [9.17, 15) is 25.6 Å². The molecule has 0 bridgehead atoms. The zero-order valence-electron chi connectivity index (χ0n) is 41.5. The van der Waals surface area contributed by atoms with Crippen molar-refractivity contribution in [3.63, 3.8) is 0 Å². The molecule has 1 unspecified atom stereocenters. The molecule has 9 rings (SSSR count). The SMILES string of the molecule is C=C(c1cccc(S(=O)[O-])c1)c1ccc2c(c1)Cc1ccccc1S2.CC(C)(C)CS(=O)(=O)c1cccc(Br)c1.CC(C)(C)N.Cc1ccc(S(=O)(=O)CN=Cc2ccc3c(c2)Cc2ccccc2S3)cc1. The minimum atomic E-state index is -3.41. The van der Waals surface area contributed by atoms with Crippen LogP contribution in [0.1, 0.15) is 86.1 Å². The number of halogens is 1. The number of benzene rings is 7. The molecule has 1 atom stereocenters. The van der Waals surface area contributed by atoms with Gasteiger partial charge < -0.3 is 10.3 Å². The van der Waals surface area contributed by atoms with E-state index >= 15 is 0 Å². The second-order valence-corrected chi connectivity index (χ2v) is 27.7. The summed E-state index contributed by atoms with van der Waals surface area (Å²) in [5.41, 5.74) is 15.0. The molecule has 0 aliphatic carbocycles. The van der Waals surface area contributed by atoms with Gasteiger partial charge in [0.2, 0.25) is 0 Å². The number of aliphatic imine (C=N–C) groups is 1. The van der Waals surface area contributed by atoms with Gasteiger partial charge in [-0.25, -0.2) is 16.8 Å². The molecule has 2 aliphatic rings. The van der Waals surface area contributed by atoms with Crippen molar-refractivity contribution in [3.05, 3.63) is 213 Å².